The van der Waals surface area contributed by atoms with E-state index in [9.17, 15) is 0 Å². The van der Waals surface area contributed by atoms with Crippen molar-refractivity contribution in [3.8, 4) is 11.3 Å². The molecule has 0 amide bonds. The molecule has 2 aliphatic rings. The van der Waals surface area contributed by atoms with Crippen LogP contribution in [0.1, 0.15) is 62.3 Å². The molecular weight excluding hydrogens is 422 g/mol. The molecule has 2 saturated carbocycles. The fourth-order valence-corrected chi connectivity index (χ4v) is 6.84. The molecule has 2 aromatic carbocycles. The van der Waals surface area contributed by atoms with Crippen LogP contribution in [0.4, 0.5) is 0 Å². The molecule has 2 fully saturated rings. The number of hydrogen-bond acceptors (Lipinski definition) is 0. The topological polar surface area (TPSA) is 4.93 Å². The minimum absolute atomic E-state index is 0.393. The van der Waals surface area contributed by atoms with Gasteiger partial charge in [-0.25, -0.2) is 0 Å². The lowest BCUT2D eigenvalue weighted by Gasteiger charge is -2.41. The number of aromatic nitrogens is 1. The highest BCUT2D eigenvalue weighted by molar-refractivity contribution is 6.31. The Balaban J connectivity index is 1.50. The van der Waals surface area contributed by atoms with Gasteiger partial charge in [0.15, 0.2) is 0 Å². The van der Waals surface area contributed by atoms with Crippen molar-refractivity contribution in [3.63, 3.8) is 0 Å². The lowest BCUT2D eigenvalue weighted by Crippen LogP contribution is -2.33. The smallest absolute Gasteiger partial charge is 0.0489 e. The second-order valence-electron chi connectivity index (χ2n) is 11.5. The normalized spacial score (nSPS) is 25.9. The molecule has 172 valence electrons. The Morgan fingerprint density at radius 3 is 2.45 bits per heavy atom. The van der Waals surface area contributed by atoms with Crippen LogP contribution in [0.15, 0.2) is 60.8 Å². The summed E-state index contributed by atoms with van der Waals surface area (Å²) in [4.78, 5) is 0. The lowest BCUT2D eigenvalue weighted by atomic mass is 9.64. The van der Waals surface area contributed by atoms with Gasteiger partial charge >= 0.3 is 0 Å². The molecule has 0 radical (unpaired) electrons. The first-order valence-electron chi connectivity index (χ1n) is 12.4. The van der Waals surface area contributed by atoms with Crippen molar-refractivity contribution in [2.45, 2.75) is 60.4 Å². The molecule has 2 heteroatoms. The highest BCUT2D eigenvalue weighted by Gasteiger charge is 2.57. The number of allylic oxidation sites excluding steroid dienone is 1. The van der Waals surface area contributed by atoms with Crippen molar-refractivity contribution < 1.29 is 0 Å². The first-order chi connectivity index (χ1) is 15.7. The molecular formula is C31H36ClN. The molecule has 1 heterocycles. The maximum Gasteiger partial charge on any atom is 0.0489 e. The number of aryl methyl sites for hydroxylation is 2. The molecule has 0 aliphatic heterocycles. The molecule has 5 rings (SSSR count). The van der Waals surface area contributed by atoms with Crippen LogP contribution in [0.25, 0.3) is 17.3 Å². The summed E-state index contributed by atoms with van der Waals surface area (Å²) in [6, 6.07) is 17.6. The summed E-state index contributed by atoms with van der Waals surface area (Å²) in [5.74, 6) is 1.52. The molecule has 1 nitrogen and oxygen atoms in total. The van der Waals surface area contributed by atoms with E-state index in [1.807, 2.05) is 6.07 Å². The molecule has 0 N–H and O–H groups in total. The van der Waals surface area contributed by atoms with Crippen LogP contribution in [0.5, 0.6) is 0 Å². The number of hydrogen-bond donors (Lipinski definition) is 0. The molecule has 33 heavy (non-hydrogen) atoms. The second-order valence-corrected chi connectivity index (χ2v) is 11.9. The summed E-state index contributed by atoms with van der Waals surface area (Å²) in [6.07, 6.45) is 11.4. The molecule has 2 bridgehead atoms. The van der Waals surface area contributed by atoms with Crippen LogP contribution in [0, 0.1) is 36.5 Å². The maximum absolute atomic E-state index is 6.33. The Morgan fingerprint density at radius 1 is 1.03 bits per heavy atom. The summed E-state index contributed by atoms with van der Waals surface area (Å²) in [6.45, 7) is 12.6. The van der Waals surface area contributed by atoms with Gasteiger partial charge in [0.1, 0.15) is 0 Å². The van der Waals surface area contributed by atoms with Gasteiger partial charge in [-0.15, -0.1) is 0 Å². The van der Waals surface area contributed by atoms with E-state index < -0.39 is 0 Å². The van der Waals surface area contributed by atoms with Crippen LogP contribution in [0.2, 0.25) is 5.02 Å². The van der Waals surface area contributed by atoms with Crippen molar-refractivity contribution in [2.75, 3.05) is 0 Å². The molecule has 0 spiro atoms. The summed E-state index contributed by atoms with van der Waals surface area (Å²) in [7, 11) is 0. The van der Waals surface area contributed by atoms with Gasteiger partial charge in [-0.3, -0.25) is 0 Å². The van der Waals surface area contributed by atoms with Crippen LogP contribution < -0.4 is 0 Å². The monoisotopic (exact) mass is 457 g/mol. The summed E-state index contributed by atoms with van der Waals surface area (Å²) in [5.41, 5.74) is 8.34. The predicted octanol–water partition coefficient (Wildman–Crippen LogP) is 8.95. The van der Waals surface area contributed by atoms with Crippen LogP contribution >= 0.6 is 11.6 Å². The average molecular weight is 458 g/mol. The maximum atomic E-state index is 6.33. The Hall–Kier alpha value is -2.25. The highest BCUT2D eigenvalue weighted by atomic mass is 35.5. The number of halogens is 1. The lowest BCUT2D eigenvalue weighted by molar-refractivity contribution is 0.114. The van der Waals surface area contributed by atoms with E-state index in [1.54, 1.807) is 0 Å². The third kappa shape index (κ3) is 4.10. The third-order valence-corrected chi connectivity index (χ3v) is 9.13. The van der Waals surface area contributed by atoms with Crippen molar-refractivity contribution in [2.24, 2.45) is 22.7 Å². The minimum atomic E-state index is 0.393. The van der Waals surface area contributed by atoms with E-state index in [-0.39, 0.29) is 0 Å². The van der Waals surface area contributed by atoms with E-state index in [0.717, 1.165) is 23.0 Å². The number of fused-ring (bicyclic) bond motifs is 2. The van der Waals surface area contributed by atoms with Crippen molar-refractivity contribution >= 4 is 17.7 Å². The van der Waals surface area contributed by atoms with Gasteiger partial charge in [0.25, 0.3) is 0 Å². The predicted molar refractivity (Wildman–Crippen MR) is 142 cm³/mol. The molecule has 3 aromatic rings. The van der Waals surface area contributed by atoms with Gasteiger partial charge in [0, 0.05) is 23.5 Å². The third-order valence-electron chi connectivity index (χ3n) is 8.71. The highest BCUT2D eigenvalue weighted by Crippen LogP contribution is 2.66. The minimum Gasteiger partial charge on any atom is -0.342 e. The van der Waals surface area contributed by atoms with E-state index in [0.29, 0.717) is 16.7 Å². The zero-order chi connectivity index (χ0) is 23.4. The van der Waals surface area contributed by atoms with Gasteiger partial charge < -0.3 is 4.57 Å². The SMILES string of the molecule is Cc1ccc(Cn2cc(/C=C/[C@@H]3C(C)(C)[C@@H]4CC[C@@]3(C)C4)cc2-c2ccc(Cl)c(C)c2)cc1. The number of benzene rings is 2. The number of nitrogens with zero attached hydrogens (tertiary/aromatic N) is 1. The van der Waals surface area contributed by atoms with Crippen molar-refractivity contribution in [1.82, 2.24) is 4.57 Å². The number of rotatable bonds is 5. The van der Waals surface area contributed by atoms with Crippen LogP contribution in [-0.4, -0.2) is 4.57 Å². The van der Waals surface area contributed by atoms with Crippen molar-refractivity contribution in [3.05, 3.63) is 88.1 Å². The zero-order valence-electron chi connectivity index (χ0n) is 20.7. The van der Waals surface area contributed by atoms with Gasteiger partial charge in [-0.05, 0) is 96.2 Å². The summed E-state index contributed by atoms with van der Waals surface area (Å²) < 4.78 is 2.39. The van der Waals surface area contributed by atoms with Crippen molar-refractivity contribution in [1.29, 1.82) is 0 Å². The van der Waals surface area contributed by atoms with E-state index in [1.165, 1.54) is 47.2 Å². The molecule has 1 aromatic heterocycles. The summed E-state index contributed by atoms with van der Waals surface area (Å²) >= 11 is 6.33. The molecule has 2 aliphatic carbocycles. The zero-order valence-corrected chi connectivity index (χ0v) is 21.4. The molecule has 3 atom stereocenters. The Labute approximate surface area is 204 Å². The fourth-order valence-electron chi connectivity index (χ4n) is 6.72. The van der Waals surface area contributed by atoms with Gasteiger partial charge in [-0.1, -0.05) is 80.4 Å². The first kappa shape index (κ1) is 22.5. The molecule has 0 unspecified atom stereocenters. The van der Waals surface area contributed by atoms with Gasteiger partial charge in [-0.2, -0.15) is 0 Å². The second kappa shape index (κ2) is 8.20. The average Bonchev–Trinajstić information content (AvgIpc) is 3.40. The van der Waals surface area contributed by atoms with E-state index >= 15 is 0 Å². The van der Waals surface area contributed by atoms with E-state index in [4.69, 9.17) is 11.6 Å². The Bertz CT molecular complexity index is 1190. The fraction of sp³-hybridized carbons (Fsp3) is 0.419. The first-order valence-corrected chi connectivity index (χ1v) is 12.7. The standard InChI is InChI=1S/C31H36ClN/c1-21-6-8-23(9-7-21)19-33-20-24(17-28(33)25-11-12-27(32)22(2)16-25)10-13-29-30(3,4)26-14-15-31(29,5)18-26/h6-13,16-17,20,26,29H,14-15,18-19H2,1-5H3/b13-10+/t26-,29-,31+/m1/s1. The van der Waals surface area contributed by atoms with Crippen LogP contribution in [0.3, 0.4) is 0 Å². The van der Waals surface area contributed by atoms with Gasteiger partial charge in [0.2, 0.25) is 0 Å². The Kier molecular flexibility index (Phi) is 5.60. The van der Waals surface area contributed by atoms with Gasteiger partial charge in [0.05, 0.1) is 0 Å². The quantitative estimate of drug-likeness (QED) is 0.360. The van der Waals surface area contributed by atoms with Crippen LogP contribution in [-0.2, 0) is 6.54 Å². The largest absolute Gasteiger partial charge is 0.342 e. The summed E-state index contributed by atoms with van der Waals surface area (Å²) in [5, 5.41) is 0.822. The molecule has 0 saturated heterocycles. The van der Waals surface area contributed by atoms with E-state index in [2.05, 4.69) is 100.0 Å². The Morgan fingerprint density at radius 2 is 1.79 bits per heavy atom.